The molecule has 6 rings (SSSR count). The molecule has 0 atom stereocenters. The molecule has 0 N–H and O–H groups in total. The van der Waals surface area contributed by atoms with Crippen LogP contribution in [0.25, 0.3) is 54.6 Å². The molecule has 2 heteroatoms. The van der Waals surface area contributed by atoms with Crippen LogP contribution in [0.4, 0.5) is 0 Å². The van der Waals surface area contributed by atoms with Gasteiger partial charge in [0.15, 0.2) is 0 Å². The first-order valence-electron chi connectivity index (χ1n) is 9.93. The first kappa shape index (κ1) is 18.1. The highest BCUT2D eigenvalue weighted by Crippen LogP contribution is 2.48. The zero-order valence-electron chi connectivity index (χ0n) is 16.0. The molecule has 0 heterocycles. The standard InChI is InChI=1S/C28H16Br2/c29-24-16-20-15-22(17-8-3-1-4-9-17)21-13-7-12-19-14-23(18-10-5-2-6-11-18)27(28(24)30)26(20)25(19)21/h1-16H. The summed E-state index contributed by atoms with van der Waals surface area (Å²) in [5, 5.41) is 7.73. The second-order valence-corrected chi connectivity index (χ2v) is 9.28. The third kappa shape index (κ3) is 2.64. The van der Waals surface area contributed by atoms with E-state index in [4.69, 9.17) is 0 Å². The molecule has 142 valence electrons. The summed E-state index contributed by atoms with van der Waals surface area (Å²) in [5.41, 5.74) is 5.00. The summed E-state index contributed by atoms with van der Waals surface area (Å²) in [5.74, 6) is 0. The van der Waals surface area contributed by atoms with Gasteiger partial charge in [-0.05, 0) is 99.2 Å². The van der Waals surface area contributed by atoms with Crippen LogP contribution in [0.3, 0.4) is 0 Å². The highest BCUT2D eigenvalue weighted by Gasteiger charge is 2.19. The summed E-state index contributed by atoms with van der Waals surface area (Å²) in [6, 6.07) is 34.9. The van der Waals surface area contributed by atoms with Crippen LogP contribution >= 0.6 is 31.9 Å². The van der Waals surface area contributed by atoms with Gasteiger partial charge in [0.2, 0.25) is 0 Å². The van der Waals surface area contributed by atoms with Gasteiger partial charge in [-0.15, -0.1) is 0 Å². The third-order valence-corrected chi connectivity index (χ3v) is 7.91. The van der Waals surface area contributed by atoms with E-state index in [1.54, 1.807) is 0 Å². The Kier molecular flexibility index (Phi) is 4.19. The second kappa shape index (κ2) is 6.94. The van der Waals surface area contributed by atoms with E-state index in [1.807, 2.05) is 0 Å². The minimum atomic E-state index is 1.07. The summed E-state index contributed by atoms with van der Waals surface area (Å²) >= 11 is 7.69. The normalized spacial score (nSPS) is 11.7. The van der Waals surface area contributed by atoms with Crippen molar-refractivity contribution >= 4 is 64.2 Å². The maximum absolute atomic E-state index is 3.89. The van der Waals surface area contributed by atoms with E-state index in [9.17, 15) is 0 Å². The Hall–Kier alpha value is -2.68. The van der Waals surface area contributed by atoms with E-state index in [1.165, 1.54) is 54.6 Å². The van der Waals surface area contributed by atoms with Gasteiger partial charge in [0, 0.05) is 14.3 Å². The predicted octanol–water partition coefficient (Wildman–Crippen LogP) is 9.44. The van der Waals surface area contributed by atoms with Gasteiger partial charge in [0.25, 0.3) is 0 Å². The molecule has 0 saturated heterocycles. The van der Waals surface area contributed by atoms with Crippen molar-refractivity contribution in [1.82, 2.24) is 0 Å². The van der Waals surface area contributed by atoms with Crippen molar-refractivity contribution in [2.24, 2.45) is 0 Å². The third-order valence-electron chi connectivity index (χ3n) is 5.93. The Morgan fingerprint density at radius 3 is 1.80 bits per heavy atom. The van der Waals surface area contributed by atoms with Gasteiger partial charge in [0.05, 0.1) is 0 Å². The van der Waals surface area contributed by atoms with Crippen molar-refractivity contribution in [3.05, 3.63) is 106 Å². The highest BCUT2D eigenvalue weighted by atomic mass is 79.9. The van der Waals surface area contributed by atoms with Gasteiger partial charge in [-0.1, -0.05) is 78.9 Å². The maximum atomic E-state index is 3.89. The summed E-state index contributed by atoms with van der Waals surface area (Å²) in [6.45, 7) is 0. The minimum Gasteiger partial charge on any atom is -0.0622 e. The molecule has 0 aromatic heterocycles. The highest BCUT2D eigenvalue weighted by molar-refractivity contribution is 9.13. The Bertz CT molecular complexity index is 1530. The zero-order chi connectivity index (χ0) is 20.2. The van der Waals surface area contributed by atoms with Gasteiger partial charge in [-0.3, -0.25) is 0 Å². The van der Waals surface area contributed by atoms with E-state index in [-0.39, 0.29) is 0 Å². The SMILES string of the molecule is Brc1cc2cc(-c3ccccc3)c3cccc4cc(-c5ccccc5)c(c1Br)c2c43. The molecule has 30 heavy (non-hydrogen) atoms. The summed E-state index contributed by atoms with van der Waals surface area (Å²) < 4.78 is 2.18. The predicted molar refractivity (Wildman–Crippen MR) is 136 cm³/mol. The summed E-state index contributed by atoms with van der Waals surface area (Å²) in [7, 11) is 0. The Balaban J connectivity index is 1.87. The van der Waals surface area contributed by atoms with Crippen molar-refractivity contribution in [2.45, 2.75) is 0 Å². The number of hydrogen-bond donors (Lipinski definition) is 0. The first-order valence-corrected chi connectivity index (χ1v) is 11.5. The van der Waals surface area contributed by atoms with E-state index < -0.39 is 0 Å². The van der Waals surface area contributed by atoms with E-state index in [0.29, 0.717) is 0 Å². The fourth-order valence-electron chi connectivity index (χ4n) is 4.64. The lowest BCUT2D eigenvalue weighted by Crippen LogP contribution is -1.92. The van der Waals surface area contributed by atoms with Crippen molar-refractivity contribution in [3.63, 3.8) is 0 Å². The van der Waals surface area contributed by atoms with Crippen LogP contribution in [-0.4, -0.2) is 0 Å². The van der Waals surface area contributed by atoms with Gasteiger partial charge < -0.3 is 0 Å². The molecular weight excluding hydrogens is 496 g/mol. The van der Waals surface area contributed by atoms with Crippen LogP contribution in [0.2, 0.25) is 0 Å². The van der Waals surface area contributed by atoms with Crippen molar-refractivity contribution < 1.29 is 0 Å². The number of halogens is 2. The van der Waals surface area contributed by atoms with Crippen molar-refractivity contribution in [1.29, 1.82) is 0 Å². The molecule has 0 spiro atoms. The van der Waals surface area contributed by atoms with Crippen LogP contribution < -0.4 is 0 Å². The van der Waals surface area contributed by atoms with Gasteiger partial charge in [0.1, 0.15) is 0 Å². The molecule has 0 saturated carbocycles. The molecule has 0 amide bonds. The minimum absolute atomic E-state index is 1.07. The molecule has 0 aliphatic rings. The van der Waals surface area contributed by atoms with Crippen LogP contribution in [0.1, 0.15) is 0 Å². The van der Waals surface area contributed by atoms with Gasteiger partial charge in [-0.25, -0.2) is 0 Å². The monoisotopic (exact) mass is 510 g/mol. The lowest BCUT2D eigenvalue weighted by Gasteiger charge is -2.19. The Morgan fingerprint density at radius 2 is 1.10 bits per heavy atom. The molecule has 6 aromatic carbocycles. The largest absolute Gasteiger partial charge is 0.0622 e. The first-order chi connectivity index (χ1) is 14.7. The number of hydrogen-bond acceptors (Lipinski definition) is 0. The second-order valence-electron chi connectivity index (χ2n) is 7.63. The molecule has 0 aliphatic carbocycles. The van der Waals surface area contributed by atoms with Crippen molar-refractivity contribution in [3.8, 4) is 22.3 Å². The number of rotatable bonds is 2. The van der Waals surface area contributed by atoms with Gasteiger partial charge >= 0.3 is 0 Å². The average molecular weight is 512 g/mol. The molecule has 0 bridgehead atoms. The van der Waals surface area contributed by atoms with Crippen molar-refractivity contribution in [2.75, 3.05) is 0 Å². The summed E-state index contributed by atoms with van der Waals surface area (Å²) in [6.07, 6.45) is 0. The van der Waals surface area contributed by atoms with Gasteiger partial charge in [-0.2, -0.15) is 0 Å². The quantitative estimate of drug-likeness (QED) is 0.203. The lowest BCUT2D eigenvalue weighted by molar-refractivity contribution is 1.63. The molecule has 0 fully saturated rings. The van der Waals surface area contributed by atoms with E-state index in [2.05, 4.69) is 129 Å². The molecule has 0 unspecified atom stereocenters. The van der Waals surface area contributed by atoms with Crippen LogP contribution in [0.5, 0.6) is 0 Å². The fourth-order valence-corrected chi connectivity index (χ4v) is 5.61. The summed E-state index contributed by atoms with van der Waals surface area (Å²) in [4.78, 5) is 0. The fraction of sp³-hybridized carbons (Fsp3) is 0. The topological polar surface area (TPSA) is 0 Å². The molecular formula is C28H16Br2. The molecule has 0 nitrogen and oxygen atoms in total. The molecule has 6 aromatic rings. The average Bonchev–Trinajstić information content (AvgIpc) is 2.80. The zero-order valence-corrected chi connectivity index (χ0v) is 19.2. The van der Waals surface area contributed by atoms with Crippen LogP contribution in [0, 0.1) is 0 Å². The van der Waals surface area contributed by atoms with E-state index >= 15 is 0 Å². The van der Waals surface area contributed by atoms with Crippen LogP contribution in [0.15, 0.2) is 106 Å². The maximum Gasteiger partial charge on any atom is 0.0402 e. The molecule has 0 radical (unpaired) electrons. The Labute approximate surface area is 191 Å². The number of benzene rings is 6. The lowest BCUT2D eigenvalue weighted by atomic mass is 9.86. The molecule has 0 aliphatic heterocycles. The Morgan fingerprint density at radius 1 is 0.467 bits per heavy atom. The van der Waals surface area contributed by atoms with E-state index in [0.717, 1.165) is 8.95 Å². The smallest absolute Gasteiger partial charge is 0.0402 e. The van der Waals surface area contributed by atoms with Crippen LogP contribution in [-0.2, 0) is 0 Å².